The van der Waals surface area contributed by atoms with E-state index in [9.17, 15) is 9.46 Å². The maximum absolute atomic E-state index is 11.5. The molecule has 4 heteroatoms. The van der Waals surface area contributed by atoms with Gasteiger partial charge in [-0.25, -0.2) is 4.57 Å². The van der Waals surface area contributed by atoms with E-state index in [-0.39, 0.29) is 6.16 Å². The molecule has 1 rings (SSSR count). The maximum Gasteiger partial charge on any atom is 0.376 e. The van der Waals surface area contributed by atoms with E-state index in [2.05, 4.69) is 0 Å². The lowest BCUT2D eigenvalue weighted by atomic mass is 10.1. The van der Waals surface area contributed by atoms with Crippen molar-refractivity contribution in [2.75, 3.05) is 6.16 Å². The Morgan fingerprint density at radius 3 is 2.60 bits per heavy atom. The topological polar surface area (TPSA) is 46.5 Å². The second-order valence-electron chi connectivity index (χ2n) is 3.45. The van der Waals surface area contributed by atoms with Gasteiger partial charge in [0.1, 0.15) is 5.75 Å². The second kappa shape index (κ2) is 4.82. The molecule has 0 aliphatic carbocycles. The first-order valence-electron chi connectivity index (χ1n) is 5.10. The number of benzene rings is 1. The third-order valence-corrected chi connectivity index (χ3v) is 3.64. The van der Waals surface area contributed by atoms with Crippen LogP contribution in [0.25, 0.3) is 0 Å². The molecular weight excluding hydrogens is 211 g/mol. The van der Waals surface area contributed by atoms with Crippen molar-refractivity contribution in [1.82, 2.24) is 0 Å². The molecule has 0 aliphatic heterocycles. The predicted molar refractivity (Wildman–Crippen MR) is 61.6 cm³/mol. The first-order valence-corrected chi connectivity index (χ1v) is 6.86. The Balaban J connectivity index is 3.05. The van der Waals surface area contributed by atoms with Crippen LogP contribution in [-0.2, 0) is 11.0 Å². The van der Waals surface area contributed by atoms with Crippen molar-refractivity contribution in [3.05, 3.63) is 29.3 Å². The fourth-order valence-corrected chi connectivity index (χ4v) is 2.04. The smallest absolute Gasteiger partial charge is 0.376 e. The zero-order valence-electron chi connectivity index (χ0n) is 9.36. The van der Waals surface area contributed by atoms with E-state index < -0.39 is 7.60 Å². The molecule has 0 radical (unpaired) electrons. The van der Waals surface area contributed by atoms with E-state index in [1.807, 2.05) is 26.0 Å². The van der Waals surface area contributed by atoms with Crippen molar-refractivity contribution in [3.8, 4) is 5.75 Å². The molecule has 0 bridgehead atoms. The Bertz CT molecular complexity index is 387. The highest BCUT2D eigenvalue weighted by Gasteiger charge is 2.19. The molecule has 3 nitrogen and oxygen atoms in total. The second-order valence-corrected chi connectivity index (χ2v) is 5.54. The summed E-state index contributed by atoms with van der Waals surface area (Å²) in [4.78, 5) is 9.42. The fourth-order valence-electron chi connectivity index (χ4n) is 1.43. The molecule has 1 aromatic carbocycles. The molecule has 0 fully saturated rings. The summed E-state index contributed by atoms with van der Waals surface area (Å²) in [5.74, 6) is 0.533. The van der Waals surface area contributed by atoms with Crippen LogP contribution in [0.4, 0.5) is 0 Å². The SMILES string of the molecule is CCc1c(C)cccc1OP(=O)(O)CC. The summed E-state index contributed by atoms with van der Waals surface area (Å²) >= 11 is 0. The van der Waals surface area contributed by atoms with Gasteiger partial charge in [0.15, 0.2) is 0 Å². The van der Waals surface area contributed by atoms with Crippen LogP contribution in [-0.4, -0.2) is 11.1 Å². The Labute approximate surface area is 90.6 Å². The average molecular weight is 228 g/mol. The van der Waals surface area contributed by atoms with Gasteiger partial charge in [-0.05, 0) is 30.5 Å². The molecule has 1 atom stereocenters. The standard InChI is InChI=1S/C11H17O3P/c1-4-10-9(3)7-6-8-11(10)14-15(12,13)5-2/h6-8H,4-5H2,1-3H3,(H,12,13). The molecular formula is C11H17O3P. The van der Waals surface area contributed by atoms with Gasteiger partial charge >= 0.3 is 7.60 Å². The van der Waals surface area contributed by atoms with Crippen LogP contribution < -0.4 is 4.52 Å². The van der Waals surface area contributed by atoms with Crippen LogP contribution in [0.1, 0.15) is 25.0 Å². The molecule has 1 N–H and O–H groups in total. The Kier molecular flexibility index (Phi) is 3.95. The number of rotatable bonds is 4. The zero-order chi connectivity index (χ0) is 11.5. The molecule has 0 saturated carbocycles. The highest BCUT2D eigenvalue weighted by molar-refractivity contribution is 7.53. The van der Waals surface area contributed by atoms with Crippen molar-refractivity contribution in [1.29, 1.82) is 0 Å². The van der Waals surface area contributed by atoms with Gasteiger partial charge in [-0.15, -0.1) is 0 Å². The van der Waals surface area contributed by atoms with E-state index in [4.69, 9.17) is 4.52 Å². The van der Waals surface area contributed by atoms with Crippen molar-refractivity contribution < 1.29 is 14.0 Å². The number of hydrogen-bond acceptors (Lipinski definition) is 2. The summed E-state index contributed by atoms with van der Waals surface area (Å²) in [6.07, 6.45) is 0.926. The summed E-state index contributed by atoms with van der Waals surface area (Å²) in [6, 6.07) is 5.55. The fraction of sp³-hybridized carbons (Fsp3) is 0.455. The molecule has 1 aromatic rings. The van der Waals surface area contributed by atoms with Crippen molar-refractivity contribution in [3.63, 3.8) is 0 Å². The van der Waals surface area contributed by atoms with E-state index in [0.29, 0.717) is 5.75 Å². The number of hydrogen-bond donors (Lipinski definition) is 1. The van der Waals surface area contributed by atoms with Gasteiger partial charge in [-0.1, -0.05) is 26.0 Å². The zero-order valence-corrected chi connectivity index (χ0v) is 10.3. The molecule has 84 valence electrons. The third-order valence-electron chi connectivity index (χ3n) is 2.36. The quantitative estimate of drug-likeness (QED) is 0.805. The monoisotopic (exact) mass is 228 g/mol. The average Bonchev–Trinajstić information content (AvgIpc) is 2.18. The van der Waals surface area contributed by atoms with Crippen LogP contribution in [0.2, 0.25) is 0 Å². The molecule has 0 saturated heterocycles. The van der Waals surface area contributed by atoms with Gasteiger partial charge in [0, 0.05) is 0 Å². The first kappa shape index (κ1) is 12.3. The highest BCUT2D eigenvalue weighted by atomic mass is 31.2. The molecule has 15 heavy (non-hydrogen) atoms. The van der Waals surface area contributed by atoms with Gasteiger partial charge in [-0.3, -0.25) is 0 Å². The lowest BCUT2D eigenvalue weighted by Gasteiger charge is -2.15. The lowest BCUT2D eigenvalue weighted by Crippen LogP contribution is -1.98. The largest absolute Gasteiger partial charge is 0.424 e. The summed E-state index contributed by atoms with van der Waals surface area (Å²) in [5, 5.41) is 0. The Hall–Kier alpha value is -0.790. The van der Waals surface area contributed by atoms with Crippen LogP contribution in [0.5, 0.6) is 5.75 Å². The summed E-state index contributed by atoms with van der Waals surface area (Å²) in [6.45, 7) is 5.62. The predicted octanol–water partition coefficient (Wildman–Crippen LogP) is 3.14. The molecule has 0 spiro atoms. The van der Waals surface area contributed by atoms with Crippen LogP contribution in [0.15, 0.2) is 18.2 Å². The Morgan fingerprint density at radius 2 is 2.07 bits per heavy atom. The van der Waals surface area contributed by atoms with Gasteiger partial charge in [0.2, 0.25) is 0 Å². The molecule has 0 aromatic heterocycles. The van der Waals surface area contributed by atoms with Crippen molar-refractivity contribution >= 4 is 7.60 Å². The third kappa shape index (κ3) is 3.08. The van der Waals surface area contributed by atoms with E-state index in [0.717, 1.165) is 17.5 Å². The minimum Gasteiger partial charge on any atom is -0.424 e. The first-order chi connectivity index (χ1) is 7.00. The summed E-state index contributed by atoms with van der Waals surface area (Å²) < 4.78 is 16.6. The van der Waals surface area contributed by atoms with Gasteiger partial charge in [-0.2, -0.15) is 0 Å². The highest BCUT2D eigenvalue weighted by Crippen LogP contribution is 2.43. The molecule has 1 unspecified atom stereocenters. The molecule has 0 heterocycles. The van der Waals surface area contributed by atoms with E-state index in [1.165, 1.54) is 0 Å². The minimum absolute atomic E-state index is 0.129. The lowest BCUT2D eigenvalue weighted by molar-refractivity contribution is 0.379. The normalized spacial score (nSPS) is 14.7. The maximum atomic E-state index is 11.5. The Morgan fingerprint density at radius 1 is 1.40 bits per heavy atom. The van der Waals surface area contributed by atoms with Gasteiger partial charge < -0.3 is 9.42 Å². The van der Waals surface area contributed by atoms with E-state index >= 15 is 0 Å². The van der Waals surface area contributed by atoms with Crippen LogP contribution >= 0.6 is 7.60 Å². The van der Waals surface area contributed by atoms with Crippen molar-refractivity contribution in [2.45, 2.75) is 27.2 Å². The summed E-state index contributed by atoms with van der Waals surface area (Å²) in [5.41, 5.74) is 2.09. The van der Waals surface area contributed by atoms with E-state index in [1.54, 1.807) is 13.0 Å². The van der Waals surface area contributed by atoms with Crippen LogP contribution in [0.3, 0.4) is 0 Å². The minimum atomic E-state index is -3.46. The van der Waals surface area contributed by atoms with Crippen molar-refractivity contribution in [2.24, 2.45) is 0 Å². The number of aryl methyl sites for hydroxylation is 1. The summed E-state index contributed by atoms with van der Waals surface area (Å²) in [7, 11) is -3.46. The van der Waals surface area contributed by atoms with Gasteiger partial charge in [0.05, 0.1) is 6.16 Å². The molecule has 0 amide bonds. The molecule has 0 aliphatic rings. The van der Waals surface area contributed by atoms with Crippen LogP contribution in [0, 0.1) is 6.92 Å². The van der Waals surface area contributed by atoms with Gasteiger partial charge in [0.25, 0.3) is 0 Å².